The standard InChI is InChI=1S/C17H28N2O/c1-3-9-20-16-11-14(18)10-15(12-16)19-13-17(2)7-5-4-6-8-17/h10-12,19H,3-9,13,18H2,1-2H3. The van der Waals surface area contributed by atoms with Gasteiger partial charge in [0.2, 0.25) is 0 Å². The molecule has 20 heavy (non-hydrogen) atoms. The molecular formula is C17H28N2O. The highest BCUT2D eigenvalue weighted by Gasteiger charge is 2.26. The molecule has 1 aliphatic rings. The van der Waals surface area contributed by atoms with Gasteiger partial charge in [0.25, 0.3) is 0 Å². The van der Waals surface area contributed by atoms with E-state index in [0.717, 1.165) is 36.7 Å². The van der Waals surface area contributed by atoms with Gasteiger partial charge >= 0.3 is 0 Å². The minimum atomic E-state index is 0.424. The van der Waals surface area contributed by atoms with Crippen LogP contribution in [-0.2, 0) is 0 Å². The lowest BCUT2D eigenvalue weighted by Gasteiger charge is -2.34. The van der Waals surface area contributed by atoms with E-state index in [2.05, 4.69) is 25.2 Å². The molecule has 0 aliphatic heterocycles. The topological polar surface area (TPSA) is 47.3 Å². The third-order valence-corrected chi connectivity index (χ3v) is 4.18. The number of nitrogens with two attached hydrogens (primary N) is 1. The zero-order valence-electron chi connectivity index (χ0n) is 12.9. The molecule has 0 amide bonds. The third kappa shape index (κ3) is 4.32. The fourth-order valence-electron chi connectivity index (χ4n) is 2.92. The lowest BCUT2D eigenvalue weighted by molar-refractivity contribution is 0.233. The van der Waals surface area contributed by atoms with Gasteiger partial charge < -0.3 is 15.8 Å². The number of rotatable bonds is 6. The fourth-order valence-corrected chi connectivity index (χ4v) is 2.92. The van der Waals surface area contributed by atoms with E-state index in [-0.39, 0.29) is 0 Å². The van der Waals surface area contributed by atoms with Gasteiger partial charge in [0.1, 0.15) is 5.75 Å². The molecule has 1 fully saturated rings. The number of anilines is 2. The molecule has 3 heteroatoms. The van der Waals surface area contributed by atoms with Crippen LogP contribution in [0.25, 0.3) is 0 Å². The van der Waals surface area contributed by atoms with Gasteiger partial charge in [-0.2, -0.15) is 0 Å². The fraction of sp³-hybridized carbons (Fsp3) is 0.647. The zero-order chi connectivity index (χ0) is 14.4. The SMILES string of the molecule is CCCOc1cc(N)cc(NCC2(C)CCCCC2)c1. The van der Waals surface area contributed by atoms with Crippen molar-refractivity contribution in [1.29, 1.82) is 0 Å². The summed E-state index contributed by atoms with van der Waals surface area (Å²) in [6, 6.07) is 5.94. The highest BCUT2D eigenvalue weighted by Crippen LogP contribution is 2.36. The Kier molecular flexibility index (Phi) is 5.16. The molecule has 0 bridgehead atoms. The number of nitrogen functional groups attached to an aromatic ring is 1. The van der Waals surface area contributed by atoms with Crippen LogP contribution in [0.15, 0.2) is 18.2 Å². The van der Waals surface area contributed by atoms with E-state index in [1.807, 2.05) is 12.1 Å². The van der Waals surface area contributed by atoms with Crippen LogP contribution in [0.4, 0.5) is 11.4 Å². The number of nitrogens with one attached hydrogen (secondary N) is 1. The van der Waals surface area contributed by atoms with E-state index in [9.17, 15) is 0 Å². The predicted molar refractivity (Wildman–Crippen MR) is 86.3 cm³/mol. The average Bonchev–Trinajstić information content (AvgIpc) is 2.43. The van der Waals surface area contributed by atoms with E-state index in [1.165, 1.54) is 32.1 Å². The van der Waals surface area contributed by atoms with Gasteiger partial charge in [-0.15, -0.1) is 0 Å². The Bertz CT molecular complexity index is 425. The second-order valence-corrected chi connectivity index (χ2v) is 6.36. The second-order valence-electron chi connectivity index (χ2n) is 6.36. The summed E-state index contributed by atoms with van der Waals surface area (Å²) in [6.45, 7) is 6.25. The number of hydrogen-bond acceptors (Lipinski definition) is 3. The van der Waals surface area contributed by atoms with Crippen LogP contribution in [-0.4, -0.2) is 13.2 Å². The van der Waals surface area contributed by atoms with Gasteiger partial charge in [-0.05, 0) is 30.7 Å². The van der Waals surface area contributed by atoms with Crippen molar-refractivity contribution in [3.63, 3.8) is 0 Å². The van der Waals surface area contributed by atoms with E-state index < -0.39 is 0 Å². The Morgan fingerprint density at radius 3 is 2.65 bits per heavy atom. The summed E-state index contributed by atoms with van der Waals surface area (Å²) in [6.07, 6.45) is 7.77. The van der Waals surface area contributed by atoms with Gasteiger partial charge in [-0.1, -0.05) is 33.1 Å². The Morgan fingerprint density at radius 1 is 1.20 bits per heavy atom. The summed E-state index contributed by atoms with van der Waals surface area (Å²) < 4.78 is 5.67. The monoisotopic (exact) mass is 276 g/mol. The molecule has 2 rings (SSSR count). The van der Waals surface area contributed by atoms with Gasteiger partial charge in [0.05, 0.1) is 6.61 Å². The van der Waals surface area contributed by atoms with Crippen LogP contribution in [0.1, 0.15) is 52.4 Å². The van der Waals surface area contributed by atoms with Gasteiger partial charge in [-0.3, -0.25) is 0 Å². The molecule has 0 unspecified atom stereocenters. The van der Waals surface area contributed by atoms with Gasteiger partial charge in [0.15, 0.2) is 0 Å². The molecule has 1 aromatic rings. The van der Waals surface area contributed by atoms with Gasteiger partial charge in [-0.25, -0.2) is 0 Å². The first-order chi connectivity index (χ1) is 9.61. The summed E-state index contributed by atoms with van der Waals surface area (Å²) >= 11 is 0. The molecule has 1 aliphatic carbocycles. The van der Waals surface area contributed by atoms with Crippen molar-refractivity contribution in [2.75, 3.05) is 24.2 Å². The first-order valence-electron chi connectivity index (χ1n) is 7.88. The normalized spacial score (nSPS) is 17.7. The van der Waals surface area contributed by atoms with Crippen molar-refractivity contribution in [2.24, 2.45) is 5.41 Å². The van der Waals surface area contributed by atoms with Crippen molar-refractivity contribution < 1.29 is 4.74 Å². The molecule has 3 N–H and O–H groups in total. The molecule has 1 aromatic carbocycles. The lowest BCUT2D eigenvalue weighted by atomic mass is 9.76. The van der Waals surface area contributed by atoms with Gasteiger partial charge in [0, 0.05) is 30.1 Å². The Balaban J connectivity index is 1.96. The Morgan fingerprint density at radius 2 is 1.95 bits per heavy atom. The first-order valence-corrected chi connectivity index (χ1v) is 7.88. The highest BCUT2D eigenvalue weighted by molar-refractivity contribution is 5.59. The maximum absolute atomic E-state index is 5.95. The van der Waals surface area contributed by atoms with E-state index in [4.69, 9.17) is 10.5 Å². The molecule has 3 nitrogen and oxygen atoms in total. The van der Waals surface area contributed by atoms with Crippen molar-refractivity contribution in [2.45, 2.75) is 52.4 Å². The maximum atomic E-state index is 5.95. The molecule has 112 valence electrons. The van der Waals surface area contributed by atoms with Crippen molar-refractivity contribution >= 4 is 11.4 Å². The van der Waals surface area contributed by atoms with E-state index in [0.29, 0.717) is 5.41 Å². The summed E-state index contributed by atoms with van der Waals surface area (Å²) in [5.74, 6) is 0.864. The smallest absolute Gasteiger partial charge is 0.123 e. The quantitative estimate of drug-likeness (QED) is 0.755. The van der Waals surface area contributed by atoms with Crippen LogP contribution >= 0.6 is 0 Å². The van der Waals surface area contributed by atoms with Crippen LogP contribution in [0.2, 0.25) is 0 Å². The predicted octanol–water partition coefficient (Wildman–Crippen LogP) is 4.44. The molecule has 0 aromatic heterocycles. The maximum Gasteiger partial charge on any atom is 0.123 e. The van der Waals surface area contributed by atoms with Crippen LogP contribution in [0.3, 0.4) is 0 Å². The number of hydrogen-bond donors (Lipinski definition) is 2. The van der Waals surface area contributed by atoms with Crippen molar-refractivity contribution in [3.8, 4) is 5.75 Å². The molecule has 0 spiro atoms. The van der Waals surface area contributed by atoms with E-state index in [1.54, 1.807) is 0 Å². The van der Waals surface area contributed by atoms with Crippen molar-refractivity contribution in [3.05, 3.63) is 18.2 Å². The molecular weight excluding hydrogens is 248 g/mol. The van der Waals surface area contributed by atoms with Crippen molar-refractivity contribution in [1.82, 2.24) is 0 Å². The number of ether oxygens (including phenoxy) is 1. The molecule has 0 heterocycles. The summed E-state index contributed by atoms with van der Waals surface area (Å²) in [5.41, 5.74) is 8.21. The first kappa shape index (κ1) is 15.0. The molecule has 1 saturated carbocycles. The second kappa shape index (κ2) is 6.87. The summed E-state index contributed by atoms with van der Waals surface area (Å²) in [4.78, 5) is 0. The zero-order valence-corrected chi connectivity index (χ0v) is 12.9. The van der Waals surface area contributed by atoms with E-state index >= 15 is 0 Å². The number of benzene rings is 1. The lowest BCUT2D eigenvalue weighted by Crippen LogP contribution is -2.28. The largest absolute Gasteiger partial charge is 0.493 e. The minimum Gasteiger partial charge on any atom is -0.493 e. The third-order valence-electron chi connectivity index (χ3n) is 4.18. The van der Waals surface area contributed by atoms with Crippen LogP contribution in [0.5, 0.6) is 5.75 Å². The summed E-state index contributed by atoms with van der Waals surface area (Å²) in [5, 5.41) is 3.55. The molecule has 0 saturated heterocycles. The minimum absolute atomic E-state index is 0.424. The van der Waals surface area contributed by atoms with Crippen LogP contribution < -0.4 is 15.8 Å². The highest BCUT2D eigenvalue weighted by atomic mass is 16.5. The summed E-state index contributed by atoms with van der Waals surface area (Å²) in [7, 11) is 0. The van der Waals surface area contributed by atoms with Crippen LogP contribution in [0, 0.1) is 5.41 Å². The Hall–Kier alpha value is -1.38. The molecule has 0 radical (unpaired) electrons. The average molecular weight is 276 g/mol. The molecule has 0 atom stereocenters. The Labute approximate surface area is 122 Å².